The molecule has 4 rings (SSSR count). The number of hydrogen-bond acceptors (Lipinski definition) is 3. The van der Waals surface area contributed by atoms with E-state index in [1.54, 1.807) is 11.3 Å². The Labute approximate surface area is 148 Å². The lowest BCUT2D eigenvalue weighted by molar-refractivity contribution is 0.218. The molecule has 0 atom stereocenters. The zero-order valence-corrected chi connectivity index (χ0v) is 14.7. The van der Waals surface area contributed by atoms with Gasteiger partial charge in [-0.05, 0) is 30.5 Å². The van der Waals surface area contributed by atoms with Crippen LogP contribution >= 0.6 is 22.7 Å². The van der Waals surface area contributed by atoms with Crippen LogP contribution in [0.4, 0.5) is 4.79 Å². The van der Waals surface area contributed by atoms with E-state index in [0.29, 0.717) is 0 Å². The topological polar surface area (TPSA) is 37.6 Å². The van der Waals surface area contributed by atoms with Crippen molar-refractivity contribution in [1.29, 1.82) is 0 Å². The van der Waals surface area contributed by atoms with Gasteiger partial charge in [0, 0.05) is 29.5 Å². The Hall–Kier alpha value is -2.18. The van der Waals surface area contributed by atoms with Gasteiger partial charge in [0.1, 0.15) is 5.00 Å². The highest BCUT2D eigenvalue weighted by Gasteiger charge is 2.17. The van der Waals surface area contributed by atoms with Crippen molar-refractivity contribution < 1.29 is 4.79 Å². The van der Waals surface area contributed by atoms with Crippen LogP contribution in [0.15, 0.2) is 59.0 Å². The highest BCUT2D eigenvalue weighted by Crippen LogP contribution is 2.29. The molecule has 6 heteroatoms. The highest BCUT2D eigenvalue weighted by molar-refractivity contribution is 7.18. The van der Waals surface area contributed by atoms with Crippen LogP contribution in [0, 0.1) is 0 Å². The lowest BCUT2D eigenvalue weighted by atomic mass is 10.2. The summed E-state index contributed by atoms with van der Waals surface area (Å²) in [5.41, 5.74) is 1.20. The molecule has 122 valence electrons. The summed E-state index contributed by atoms with van der Waals surface area (Å²) >= 11 is 3.19. The van der Waals surface area contributed by atoms with Crippen LogP contribution in [0.2, 0.25) is 0 Å². The number of nitrogens with zero attached hydrogens (tertiary/aromatic N) is 3. The number of likely N-dealkylation sites (tertiary alicyclic amines) is 1. The van der Waals surface area contributed by atoms with E-state index in [-0.39, 0.29) is 6.03 Å². The number of rotatable bonds is 2. The number of hydrogen-bond donors (Lipinski definition) is 0. The quantitative estimate of drug-likeness (QED) is 0.672. The lowest BCUT2D eigenvalue weighted by Gasteiger charge is -2.10. The third-order valence-corrected chi connectivity index (χ3v) is 5.94. The zero-order valence-electron chi connectivity index (χ0n) is 13.1. The maximum Gasteiger partial charge on any atom is 0.346 e. The minimum absolute atomic E-state index is 0.122. The molecule has 1 saturated heterocycles. The third kappa shape index (κ3) is 3.07. The van der Waals surface area contributed by atoms with Crippen molar-refractivity contribution in [2.75, 3.05) is 13.1 Å². The standard InChI is InChI=1S/C18H17N3OS2/c22-17(20-10-4-5-11-20)19-18-21(12-13-23-18)16-9-8-15(24-16)14-6-2-1-3-7-14/h1-3,6-9,12-13H,4-5,10-11H2/b19-18-. The predicted octanol–water partition coefficient (Wildman–Crippen LogP) is 4.38. The fraction of sp³-hybridized carbons (Fsp3) is 0.222. The Morgan fingerprint density at radius 3 is 2.62 bits per heavy atom. The highest BCUT2D eigenvalue weighted by atomic mass is 32.1. The van der Waals surface area contributed by atoms with E-state index in [0.717, 1.165) is 35.7 Å². The van der Waals surface area contributed by atoms with Gasteiger partial charge in [-0.25, -0.2) is 4.79 Å². The van der Waals surface area contributed by atoms with Crippen molar-refractivity contribution in [3.05, 3.63) is 58.8 Å². The van der Waals surface area contributed by atoms with E-state index < -0.39 is 0 Å². The molecule has 0 radical (unpaired) electrons. The van der Waals surface area contributed by atoms with Crippen LogP contribution in [-0.4, -0.2) is 28.6 Å². The molecule has 0 aliphatic carbocycles. The number of carbonyl (C=O) groups excluding carboxylic acids is 1. The monoisotopic (exact) mass is 355 g/mol. The second kappa shape index (κ2) is 6.75. The van der Waals surface area contributed by atoms with E-state index in [2.05, 4.69) is 29.3 Å². The van der Waals surface area contributed by atoms with E-state index in [1.807, 2.05) is 39.2 Å². The van der Waals surface area contributed by atoms with Gasteiger partial charge >= 0.3 is 6.03 Å². The molecule has 1 aliphatic rings. The molecule has 2 amide bonds. The molecular formula is C18H17N3OS2. The van der Waals surface area contributed by atoms with Gasteiger partial charge in [-0.3, -0.25) is 4.57 Å². The first kappa shape index (κ1) is 15.4. The Morgan fingerprint density at radius 1 is 1.04 bits per heavy atom. The van der Waals surface area contributed by atoms with Crippen LogP contribution in [0.1, 0.15) is 12.8 Å². The number of aromatic nitrogens is 1. The summed E-state index contributed by atoms with van der Waals surface area (Å²) in [4.78, 5) is 20.4. The summed E-state index contributed by atoms with van der Waals surface area (Å²) in [5, 5.41) is 3.04. The number of thiophene rings is 1. The van der Waals surface area contributed by atoms with Gasteiger partial charge < -0.3 is 4.90 Å². The Kier molecular flexibility index (Phi) is 4.32. The smallest absolute Gasteiger partial charge is 0.323 e. The van der Waals surface area contributed by atoms with Crippen molar-refractivity contribution in [3.63, 3.8) is 0 Å². The van der Waals surface area contributed by atoms with Gasteiger partial charge in [-0.15, -0.1) is 22.7 Å². The molecule has 0 spiro atoms. The number of benzene rings is 1. The first-order valence-electron chi connectivity index (χ1n) is 7.97. The van der Waals surface area contributed by atoms with Crippen molar-refractivity contribution in [3.8, 4) is 15.4 Å². The van der Waals surface area contributed by atoms with Crippen LogP contribution < -0.4 is 4.80 Å². The van der Waals surface area contributed by atoms with E-state index in [9.17, 15) is 4.79 Å². The Balaban J connectivity index is 1.65. The number of carbonyl (C=O) groups is 1. The van der Waals surface area contributed by atoms with Gasteiger partial charge in [0.15, 0.2) is 4.80 Å². The van der Waals surface area contributed by atoms with Gasteiger partial charge in [-0.2, -0.15) is 4.99 Å². The van der Waals surface area contributed by atoms with Gasteiger partial charge in [0.2, 0.25) is 0 Å². The molecule has 1 aliphatic heterocycles. The summed E-state index contributed by atoms with van der Waals surface area (Å²) in [5.74, 6) is 0. The lowest BCUT2D eigenvalue weighted by Crippen LogP contribution is -2.27. The third-order valence-electron chi connectivity index (χ3n) is 4.04. The minimum atomic E-state index is -0.122. The molecule has 0 bridgehead atoms. The summed E-state index contributed by atoms with van der Waals surface area (Å²) in [6.07, 6.45) is 4.13. The maximum atomic E-state index is 12.3. The average molecular weight is 355 g/mol. The molecule has 24 heavy (non-hydrogen) atoms. The summed E-state index contributed by atoms with van der Waals surface area (Å²) in [6.45, 7) is 1.65. The fourth-order valence-electron chi connectivity index (χ4n) is 2.80. The Bertz CT molecular complexity index is 902. The number of urea groups is 1. The van der Waals surface area contributed by atoms with Crippen molar-refractivity contribution in [2.45, 2.75) is 12.8 Å². The van der Waals surface area contributed by atoms with Crippen molar-refractivity contribution in [1.82, 2.24) is 9.47 Å². The summed E-state index contributed by atoms with van der Waals surface area (Å²) < 4.78 is 2.00. The molecule has 1 fully saturated rings. The maximum absolute atomic E-state index is 12.3. The molecule has 0 saturated carbocycles. The molecule has 1 aromatic carbocycles. The number of amides is 2. The molecule has 3 heterocycles. The summed E-state index contributed by atoms with van der Waals surface area (Å²) in [6, 6.07) is 14.4. The van der Waals surface area contributed by atoms with Crippen molar-refractivity contribution >= 4 is 28.7 Å². The van der Waals surface area contributed by atoms with Crippen LogP contribution in [0.25, 0.3) is 15.4 Å². The zero-order chi connectivity index (χ0) is 16.4. The summed E-state index contributed by atoms with van der Waals surface area (Å²) in [7, 11) is 0. The van der Waals surface area contributed by atoms with Crippen LogP contribution in [0.5, 0.6) is 0 Å². The van der Waals surface area contributed by atoms with Crippen molar-refractivity contribution in [2.24, 2.45) is 4.99 Å². The second-order valence-electron chi connectivity index (χ2n) is 5.65. The molecule has 2 aromatic heterocycles. The van der Waals surface area contributed by atoms with Gasteiger partial charge in [0.05, 0.1) is 0 Å². The second-order valence-corrected chi connectivity index (χ2v) is 7.58. The SMILES string of the molecule is O=C(/N=c1\sccn1-c1ccc(-c2ccccc2)s1)N1CCCC1. The molecule has 3 aromatic rings. The normalized spacial score (nSPS) is 15.2. The molecule has 0 N–H and O–H groups in total. The predicted molar refractivity (Wildman–Crippen MR) is 98.7 cm³/mol. The van der Waals surface area contributed by atoms with Gasteiger partial charge in [-0.1, -0.05) is 30.3 Å². The van der Waals surface area contributed by atoms with Gasteiger partial charge in [0.25, 0.3) is 0 Å². The van der Waals surface area contributed by atoms with Crippen LogP contribution in [0.3, 0.4) is 0 Å². The largest absolute Gasteiger partial charge is 0.346 e. The fourth-order valence-corrected chi connectivity index (χ4v) is 4.56. The first-order valence-corrected chi connectivity index (χ1v) is 9.66. The minimum Gasteiger partial charge on any atom is -0.323 e. The molecule has 0 unspecified atom stereocenters. The first-order chi connectivity index (χ1) is 11.8. The van der Waals surface area contributed by atoms with Crippen LogP contribution in [-0.2, 0) is 0 Å². The van der Waals surface area contributed by atoms with E-state index >= 15 is 0 Å². The Morgan fingerprint density at radius 2 is 1.83 bits per heavy atom. The average Bonchev–Trinajstić information content (AvgIpc) is 3.36. The molecule has 4 nitrogen and oxygen atoms in total. The van der Waals surface area contributed by atoms with E-state index in [1.165, 1.54) is 21.8 Å². The number of thiazole rings is 1. The van der Waals surface area contributed by atoms with E-state index in [4.69, 9.17) is 0 Å². The molecular weight excluding hydrogens is 338 g/mol.